The van der Waals surface area contributed by atoms with Crippen LogP contribution in [0.4, 0.5) is 4.39 Å². The summed E-state index contributed by atoms with van der Waals surface area (Å²) in [6, 6.07) is 3.39. The van der Waals surface area contributed by atoms with Crippen LogP contribution in [0.5, 0.6) is 0 Å². The number of aliphatic imine (C=N–C) groups is 1. The zero-order valence-corrected chi connectivity index (χ0v) is 25.2. The van der Waals surface area contributed by atoms with Gasteiger partial charge < -0.3 is 20.1 Å². The number of nitrogens with zero attached hydrogens (tertiary/aromatic N) is 5. The van der Waals surface area contributed by atoms with Crippen molar-refractivity contribution in [2.75, 3.05) is 52.9 Å². The second kappa shape index (κ2) is 14.2. The highest BCUT2D eigenvalue weighted by atomic mass is 35.5. The summed E-state index contributed by atoms with van der Waals surface area (Å²) in [5, 5.41) is 14.9. The minimum absolute atomic E-state index is 0.0826. The smallest absolute Gasteiger partial charge is 0.338 e. The fourth-order valence-corrected chi connectivity index (χ4v) is 5.83. The molecular formula is C28H34ClFN6O5S. The molecular weight excluding hydrogens is 587 g/mol. The monoisotopic (exact) mass is 620 g/mol. The van der Waals surface area contributed by atoms with Crippen LogP contribution in [0.25, 0.3) is 0 Å². The highest BCUT2D eigenvalue weighted by molar-refractivity contribution is 7.11. The van der Waals surface area contributed by atoms with Crippen molar-refractivity contribution in [1.82, 2.24) is 25.0 Å². The Hall–Kier alpha value is -3.39. The van der Waals surface area contributed by atoms with Crippen molar-refractivity contribution in [2.24, 2.45) is 10.9 Å². The number of likely N-dealkylation sites (N-methyl/N-ethyl adjacent to an activating group) is 1. The van der Waals surface area contributed by atoms with E-state index in [-0.39, 0.29) is 29.8 Å². The number of thiazole rings is 1. The number of carbonyl (C=O) groups excluding carboxylic acids is 2. The molecule has 0 saturated carbocycles. The van der Waals surface area contributed by atoms with Gasteiger partial charge in [0.1, 0.15) is 11.9 Å². The van der Waals surface area contributed by atoms with Gasteiger partial charge in [0.2, 0.25) is 6.41 Å². The maximum Gasteiger partial charge on any atom is 0.338 e. The molecule has 0 spiro atoms. The van der Waals surface area contributed by atoms with Crippen molar-refractivity contribution >= 4 is 47.1 Å². The van der Waals surface area contributed by atoms with Gasteiger partial charge in [-0.2, -0.15) is 0 Å². The second-order valence-electron chi connectivity index (χ2n) is 10.3. The number of nitrogens with one attached hydrogen (secondary N) is 1. The van der Waals surface area contributed by atoms with Crippen molar-refractivity contribution in [1.29, 1.82) is 0 Å². The van der Waals surface area contributed by atoms with Gasteiger partial charge in [0.15, 0.2) is 10.8 Å². The molecule has 2 unspecified atom stereocenters. The normalized spacial score (nSPS) is 20.5. The number of carboxylic acids is 1. The molecule has 1 fully saturated rings. The lowest BCUT2D eigenvalue weighted by atomic mass is 9.95. The minimum atomic E-state index is -0.965. The molecule has 3 heterocycles. The minimum Gasteiger partial charge on any atom is -0.481 e. The van der Waals surface area contributed by atoms with E-state index in [0.29, 0.717) is 61.2 Å². The third-order valence-corrected chi connectivity index (χ3v) is 8.48. The molecule has 1 aromatic heterocycles. The average Bonchev–Trinajstić information content (AvgIpc) is 3.51. The maximum absolute atomic E-state index is 14.6. The first-order valence-corrected chi connectivity index (χ1v) is 14.8. The summed E-state index contributed by atoms with van der Waals surface area (Å²) in [6.45, 7) is 6.04. The number of hydrogen-bond acceptors (Lipinski definition) is 10. The molecule has 1 amide bonds. The lowest BCUT2D eigenvalue weighted by Crippen LogP contribution is -2.56. The van der Waals surface area contributed by atoms with E-state index in [0.717, 1.165) is 0 Å². The number of rotatable bonds is 12. The SMILES string of the molecule is CCOC(=O)C1=C(CN2CCN(C)C(CN(C=O)CC(C)C(=O)O)C2)NC(c2nccs2)=N[C@H]1c1cccc(F)c1Cl. The Bertz CT molecular complexity index is 1360. The van der Waals surface area contributed by atoms with Crippen LogP contribution < -0.4 is 5.32 Å². The van der Waals surface area contributed by atoms with Crippen molar-refractivity contribution in [3.8, 4) is 0 Å². The summed E-state index contributed by atoms with van der Waals surface area (Å²) in [5.41, 5.74) is 1.09. The predicted molar refractivity (Wildman–Crippen MR) is 157 cm³/mol. The number of carbonyl (C=O) groups is 3. The number of benzene rings is 1. The number of aliphatic carboxylic acids is 1. The number of halogens is 2. The zero-order valence-electron chi connectivity index (χ0n) is 23.6. The summed E-state index contributed by atoms with van der Waals surface area (Å²) in [7, 11) is 1.96. The van der Waals surface area contributed by atoms with Crippen LogP contribution in [-0.4, -0.2) is 108 Å². The van der Waals surface area contributed by atoms with Crippen LogP contribution in [0.2, 0.25) is 5.02 Å². The van der Waals surface area contributed by atoms with E-state index in [1.165, 1.54) is 28.4 Å². The number of aromatic nitrogens is 1. The average molecular weight is 621 g/mol. The maximum atomic E-state index is 14.6. The van der Waals surface area contributed by atoms with Gasteiger partial charge in [-0.3, -0.25) is 24.4 Å². The van der Waals surface area contributed by atoms with Crippen molar-refractivity contribution in [2.45, 2.75) is 25.9 Å². The summed E-state index contributed by atoms with van der Waals surface area (Å²) >= 11 is 7.77. The standard InChI is InChI=1S/C28H34ClFN6O5S/c1-4-41-28(40)22-21(15-35-10-9-34(3)18(13-35)14-36(16-37)12-17(2)27(38)39)32-25(26-31-8-11-42-26)33-24(22)19-6-5-7-20(30)23(19)29/h5-8,11,16-18,24H,4,9-10,12-15H2,1-3H3,(H,32,33)(H,38,39)/t17?,18?,24-/m0/s1. The molecule has 2 aliphatic heterocycles. The van der Waals surface area contributed by atoms with Crippen LogP contribution in [0.3, 0.4) is 0 Å². The predicted octanol–water partition coefficient (Wildman–Crippen LogP) is 2.64. The largest absolute Gasteiger partial charge is 0.481 e. The van der Waals surface area contributed by atoms with E-state index in [1.54, 1.807) is 26.1 Å². The van der Waals surface area contributed by atoms with Crippen LogP contribution in [-0.2, 0) is 19.1 Å². The van der Waals surface area contributed by atoms with Crippen LogP contribution in [0, 0.1) is 11.7 Å². The molecule has 2 aromatic rings. The van der Waals surface area contributed by atoms with Gasteiger partial charge in [-0.25, -0.2) is 14.2 Å². The van der Waals surface area contributed by atoms with Crippen molar-refractivity contribution in [3.63, 3.8) is 0 Å². The molecule has 2 N–H and O–H groups in total. The molecule has 11 nitrogen and oxygen atoms in total. The quantitative estimate of drug-likeness (QED) is 0.272. The van der Waals surface area contributed by atoms with Crippen molar-refractivity contribution in [3.05, 3.63) is 62.5 Å². The van der Waals surface area contributed by atoms with Crippen molar-refractivity contribution < 1.29 is 28.6 Å². The summed E-state index contributed by atoms with van der Waals surface area (Å²) in [4.78, 5) is 51.4. The molecule has 4 rings (SSSR count). The highest BCUT2D eigenvalue weighted by Gasteiger charge is 2.36. The number of esters is 1. The van der Waals surface area contributed by atoms with Crippen LogP contribution >= 0.6 is 22.9 Å². The Morgan fingerprint density at radius 3 is 2.83 bits per heavy atom. The topological polar surface area (TPSA) is 128 Å². The summed E-state index contributed by atoms with van der Waals surface area (Å²) in [5.74, 6) is -2.44. The molecule has 226 valence electrons. The van der Waals surface area contributed by atoms with Gasteiger partial charge in [-0.05, 0) is 20.0 Å². The molecule has 1 aromatic carbocycles. The zero-order chi connectivity index (χ0) is 30.4. The Kier molecular flexibility index (Phi) is 10.7. The number of amidine groups is 1. The number of carboxylic acid groups (broad SMARTS) is 1. The van der Waals surface area contributed by atoms with E-state index >= 15 is 0 Å². The van der Waals surface area contributed by atoms with Gasteiger partial charge in [0.25, 0.3) is 0 Å². The van der Waals surface area contributed by atoms with Crippen LogP contribution in [0.1, 0.15) is 30.5 Å². The fraction of sp³-hybridized carbons (Fsp3) is 0.464. The molecule has 0 aliphatic carbocycles. The number of ether oxygens (including phenoxy) is 1. The lowest BCUT2D eigenvalue weighted by Gasteiger charge is -2.42. The van der Waals surface area contributed by atoms with Gasteiger partial charge in [0.05, 0.1) is 23.1 Å². The van der Waals surface area contributed by atoms with E-state index in [1.807, 2.05) is 12.4 Å². The van der Waals surface area contributed by atoms with E-state index in [9.17, 15) is 23.9 Å². The third-order valence-electron chi connectivity index (χ3n) is 7.30. The first-order chi connectivity index (χ1) is 20.1. The summed E-state index contributed by atoms with van der Waals surface area (Å²) in [6.07, 6.45) is 2.33. The van der Waals surface area contributed by atoms with Gasteiger partial charge in [-0.1, -0.05) is 30.7 Å². The molecule has 2 aliphatic rings. The molecule has 0 radical (unpaired) electrons. The first kappa shape index (κ1) is 31.5. The Balaban J connectivity index is 1.67. The number of piperazine rings is 1. The van der Waals surface area contributed by atoms with Gasteiger partial charge >= 0.3 is 11.9 Å². The second-order valence-corrected chi connectivity index (χ2v) is 11.5. The Morgan fingerprint density at radius 1 is 1.38 bits per heavy atom. The van der Waals surface area contributed by atoms with Gasteiger partial charge in [0, 0.05) is 68.1 Å². The molecule has 14 heteroatoms. The Morgan fingerprint density at radius 2 is 2.17 bits per heavy atom. The molecule has 42 heavy (non-hydrogen) atoms. The Labute approximate surface area is 252 Å². The van der Waals surface area contributed by atoms with Crippen LogP contribution in [0.15, 0.2) is 46.0 Å². The number of amides is 1. The molecule has 1 saturated heterocycles. The van der Waals surface area contributed by atoms with E-state index in [2.05, 4.69) is 20.1 Å². The van der Waals surface area contributed by atoms with E-state index in [4.69, 9.17) is 21.3 Å². The lowest BCUT2D eigenvalue weighted by molar-refractivity contribution is -0.142. The fourth-order valence-electron chi connectivity index (χ4n) is 5.01. The first-order valence-electron chi connectivity index (χ1n) is 13.6. The third kappa shape index (κ3) is 7.33. The molecule has 3 atom stereocenters. The van der Waals surface area contributed by atoms with E-state index < -0.39 is 29.7 Å². The highest BCUT2D eigenvalue weighted by Crippen LogP contribution is 2.37. The summed E-state index contributed by atoms with van der Waals surface area (Å²) < 4.78 is 20.0. The van der Waals surface area contributed by atoms with Gasteiger partial charge in [-0.15, -0.1) is 11.3 Å². The number of hydrogen-bond donors (Lipinski definition) is 2. The molecule has 0 bridgehead atoms.